The van der Waals surface area contributed by atoms with Gasteiger partial charge in [0.05, 0.1) is 17.8 Å². The maximum atomic E-state index is 11.9. The van der Waals surface area contributed by atoms with Crippen LogP contribution in [0.3, 0.4) is 0 Å². The van der Waals surface area contributed by atoms with Crippen molar-refractivity contribution in [3.05, 3.63) is 28.8 Å². The SMILES string of the molecule is CC(C)NC(=O)c1ccc(Cl)cc1NC(=O)CN. The predicted octanol–water partition coefficient (Wildman–Crippen LogP) is 1.38. The van der Waals surface area contributed by atoms with E-state index in [2.05, 4.69) is 10.6 Å². The van der Waals surface area contributed by atoms with Crippen molar-refractivity contribution in [3.8, 4) is 0 Å². The molecule has 0 aromatic heterocycles. The van der Waals surface area contributed by atoms with E-state index in [1.165, 1.54) is 6.07 Å². The Morgan fingerprint density at radius 3 is 2.61 bits per heavy atom. The quantitative estimate of drug-likeness (QED) is 0.772. The summed E-state index contributed by atoms with van der Waals surface area (Å²) in [5.41, 5.74) is 5.93. The van der Waals surface area contributed by atoms with E-state index in [0.717, 1.165) is 0 Å². The van der Waals surface area contributed by atoms with Gasteiger partial charge >= 0.3 is 0 Å². The summed E-state index contributed by atoms with van der Waals surface area (Å²) in [6.45, 7) is 3.55. The van der Waals surface area contributed by atoms with Crippen LogP contribution in [-0.4, -0.2) is 24.4 Å². The molecule has 4 N–H and O–H groups in total. The van der Waals surface area contributed by atoms with E-state index < -0.39 is 0 Å². The topological polar surface area (TPSA) is 84.2 Å². The lowest BCUT2D eigenvalue weighted by Gasteiger charge is -2.13. The first-order valence-corrected chi connectivity index (χ1v) is 5.92. The van der Waals surface area contributed by atoms with Crippen LogP contribution in [0.4, 0.5) is 5.69 Å². The molecule has 0 bridgehead atoms. The Kier molecular flexibility index (Phi) is 5.12. The number of carbonyl (C=O) groups excluding carboxylic acids is 2. The molecule has 0 radical (unpaired) electrons. The summed E-state index contributed by atoms with van der Waals surface area (Å²) in [5, 5.41) is 5.73. The second kappa shape index (κ2) is 6.37. The second-order valence-electron chi connectivity index (χ2n) is 4.07. The second-order valence-corrected chi connectivity index (χ2v) is 4.51. The molecule has 0 atom stereocenters. The summed E-state index contributed by atoms with van der Waals surface area (Å²) in [6, 6.07) is 4.68. The monoisotopic (exact) mass is 269 g/mol. The van der Waals surface area contributed by atoms with Crippen molar-refractivity contribution >= 4 is 29.1 Å². The molecule has 0 aliphatic rings. The average molecular weight is 270 g/mol. The molecule has 1 aromatic rings. The van der Waals surface area contributed by atoms with Crippen molar-refractivity contribution in [2.75, 3.05) is 11.9 Å². The van der Waals surface area contributed by atoms with Gasteiger partial charge in [-0.2, -0.15) is 0 Å². The Morgan fingerprint density at radius 2 is 2.06 bits per heavy atom. The van der Waals surface area contributed by atoms with Gasteiger partial charge in [-0.1, -0.05) is 11.6 Å². The van der Waals surface area contributed by atoms with Crippen molar-refractivity contribution in [2.45, 2.75) is 19.9 Å². The number of amides is 2. The molecule has 0 spiro atoms. The first-order valence-electron chi connectivity index (χ1n) is 5.54. The van der Waals surface area contributed by atoms with Crippen LogP contribution < -0.4 is 16.4 Å². The average Bonchev–Trinajstić information content (AvgIpc) is 2.27. The zero-order chi connectivity index (χ0) is 13.7. The Morgan fingerprint density at radius 1 is 1.39 bits per heavy atom. The van der Waals surface area contributed by atoms with Crippen LogP contribution in [0, 0.1) is 0 Å². The number of hydrogen-bond donors (Lipinski definition) is 3. The Labute approximate surface area is 111 Å². The number of carbonyl (C=O) groups is 2. The molecule has 2 amide bonds. The van der Waals surface area contributed by atoms with Crippen molar-refractivity contribution in [1.29, 1.82) is 0 Å². The van der Waals surface area contributed by atoms with Crippen molar-refractivity contribution in [1.82, 2.24) is 5.32 Å². The molecule has 0 aliphatic heterocycles. The van der Waals surface area contributed by atoms with E-state index in [1.54, 1.807) is 12.1 Å². The van der Waals surface area contributed by atoms with Crippen LogP contribution >= 0.6 is 11.6 Å². The molecule has 0 saturated heterocycles. The molecule has 5 nitrogen and oxygen atoms in total. The lowest BCUT2D eigenvalue weighted by molar-refractivity contribution is -0.114. The Balaban J connectivity index is 3.02. The molecule has 0 heterocycles. The number of nitrogens with one attached hydrogen (secondary N) is 2. The van der Waals surface area contributed by atoms with Gasteiger partial charge in [0.25, 0.3) is 5.91 Å². The maximum Gasteiger partial charge on any atom is 0.253 e. The fourth-order valence-electron chi connectivity index (χ4n) is 1.36. The third-order valence-electron chi connectivity index (χ3n) is 2.11. The highest BCUT2D eigenvalue weighted by Gasteiger charge is 2.14. The highest BCUT2D eigenvalue weighted by Crippen LogP contribution is 2.21. The van der Waals surface area contributed by atoms with Gasteiger partial charge in [-0.3, -0.25) is 9.59 Å². The summed E-state index contributed by atoms with van der Waals surface area (Å²) >= 11 is 5.84. The van der Waals surface area contributed by atoms with Crippen LogP contribution in [0.2, 0.25) is 5.02 Å². The summed E-state index contributed by atoms with van der Waals surface area (Å²) in [6.07, 6.45) is 0. The van der Waals surface area contributed by atoms with E-state index in [1.807, 2.05) is 13.8 Å². The van der Waals surface area contributed by atoms with Crippen molar-refractivity contribution in [3.63, 3.8) is 0 Å². The highest BCUT2D eigenvalue weighted by atomic mass is 35.5. The van der Waals surface area contributed by atoms with Gasteiger partial charge in [-0.05, 0) is 32.0 Å². The number of nitrogens with two attached hydrogens (primary N) is 1. The molecule has 1 rings (SSSR count). The van der Waals surface area contributed by atoms with Gasteiger partial charge in [-0.25, -0.2) is 0 Å². The Hall–Kier alpha value is -1.59. The van der Waals surface area contributed by atoms with Gasteiger partial charge in [0.1, 0.15) is 0 Å². The van der Waals surface area contributed by atoms with E-state index in [9.17, 15) is 9.59 Å². The largest absolute Gasteiger partial charge is 0.350 e. The van der Waals surface area contributed by atoms with Crippen LogP contribution in [0.25, 0.3) is 0 Å². The van der Waals surface area contributed by atoms with E-state index in [-0.39, 0.29) is 24.4 Å². The fourth-order valence-corrected chi connectivity index (χ4v) is 1.53. The fraction of sp³-hybridized carbons (Fsp3) is 0.333. The molecule has 0 fully saturated rings. The first-order chi connectivity index (χ1) is 8.43. The first kappa shape index (κ1) is 14.5. The van der Waals surface area contributed by atoms with Crippen molar-refractivity contribution in [2.24, 2.45) is 5.73 Å². The predicted molar refractivity (Wildman–Crippen MR) is 71.7 cm³/mol. The molecule has 0 saturated carbocycles. The van der Waals surface area contributed by atoms with Crippen LogP contribution in [0.5, 0.6) is 0 Å². The van der Waals surface area contributed by atoms with Crippen LogP contribution in [0.15, 0.2) is 18.2 Å². The minimum atomic E-state index is -0.379. The van der Waals surface area contributed by atoms with Crippen LogP contribution in [0.1, 0.15) is 24.2 Å². The third kappa shape index (κ3) is 4.01. The number of benzene rings is 1. The number of halogens is 1. The highest BCUT2D eigenvalue weighted by molar-refractivity contribution is 6.31. The lowest BCUT2D eigenvalue weighted by atomic mass is 10.1. The molecule has 6 heteroatoms. The molecule has 18 heavy (non-hydrogen) atoms. The van der Waals surface area contributed by atoms with Crippen LogP contribution in [-0.2, 0) is 4.79 Å². The minimum absolute atomic E-state index is 0.00578. The normalized spacial score (nSPS) is 10.3. The Bertz CT molecular complexity index is 461. The lowest BCUT2D eigenvalue weighted by Crippen LogP contribution is -2.31. The number of hydrogen-bond acceptors (Lipinski definition) is 3. The van der Waals surface area contributed by atoms with Gasteiger partial charge in [0.2, 0.25) is 5.91 Å². The number of rotatable bonds is 4. The summed E-state index contributed by atoms with van der Waals surface area (Å²) in [7, 11) is 0. The van der Waals surface area contributed by atoms with Gasteiger partial charge in [0.15, 0.2) is 0 Å². The van der Waals surface area contributed by atoms with Gasteiger partial charge < -0.3 is 16.4 Å². The van der Waals surface area contributed by atoms with E-state index >= 15 is 0 Å². The van der Waals surface area contributed by atoms with E-state index in [0.29, 0.717) is 16.3 Å². The molecule has 0 aliphatic carbocycles. The summed E-state index contributed by atoms with van der Waals surface area (Å²) in [5.74, 6) is -0.648. The number of anilines is 1. The molecular weight excluding hydrogens is 254 g/mol. The van der Waals surface area contributed by atoms with Gasteiger partial charge in [0, 0.05) is 11.1 Å². The zero-order valence-corrected chi connectivity index (χ0v) is 11.0. The minimum Gasteiger partial charge on any atom is -0.350 e. The summed E-state index contributed by atoms with van der Waals surface area (Å²) in [4.78, 5) is 23.2. The van der Waals surface area contributed by atoms with Crippen molar-refractivity contribution < 1.29 is 9.59 Å². The molecular formula is C12H16ClN3O2. The molecule has 0 unspecified atom stereocenters. The third-order valence-corrected chi connectivity index (χ3v) is 2.34. The van der Waals surface area contributed by atoms with Gasteiger partial charge in [-0.15, -0.1) is 0 Å². The standard InChI is InChI=1S/C12H16ClN3O2/c1-7(2)15-12(18)9-4-3-8(13)5-10(9)16-11(17)6-14/h3-5,7H,6,14H2,1-2H3,(H,15,18)(H,16,17). The van der Waals surface area contributed by atoms with E-state index in [4.69, 9.17) is 17.3 Å². The smallest absolute Gasteiger partial charge is 0.253 e. The molecule has 1 aromatic carbocycles. The maximum absolute atomic E-state index is 11.9. The zero-order valence-electron chi connectivity index (χ0n) is 10.3. The summed E-state index contributed by atoms with van der Waals surface area (Å²) < 4.78 is 0. The molecule has 98 valence electrons.